The van der Waals surface area contributed by atoms with Gasteiger partial charge in [-0.15, -0.1) is 0 Å². The zero-order valence-corrected chi connectivity index (χ0v) is 24.3. The molecule has 2 aliphatic rings. The number of benzene rings is 2. The van der Waals surface area contributed by atoms with Crippen LogP contribution >= 0.6 is 0 Å². The molecule has 1 saturated carbocycles. The van der Waals surface area contributed by atoms with Crippen LogP contribution in [0, 0.1) is 17.7 Å². The van der Waals surface area contributed by atoms with Crippen molar-refractivity contribution in [3.8, 4) is 5.75 Å². The van der Waals surface area contributed by atoms with E-state index in [-0.39, 0.29) is 41.9 Å². The predicted octanol–water partition coefficient (Wildman–Crippen LogP) is 3.28. The van der Waals surface area contributed by atoms with Gasteiger partial charge in [-0.3, -0.25) is 19.7 Å². The molecule has 1 fully saturated rings. The van der Waals surface area contributed by atoms with E-state index in [9.17, 15) is 18.8 Å². The fraction of sp³-hybridized carbons (Fsp3) is 0.531. The Bertz CT molecular complexity index is 1200. The van der Waals surface area contributed by atoms with Gasteiger partial charge in [0.1, 0.15) is 30.3 Å². The number of para-hydroxylation sites is 1. The number of amides is 3. The summed E-state index contributed by atoms with van der Waals surface area (Å²) in [4.78, 5) is 40.3. The van der Waals surface area contributed by atoms with Gasteiger partial charge in [-0.2, -0.15) is 0 Å². The highest BCUT2D eigenvalue weighted by molar-refractivity contribution is 5.93. The summed E-state index contributed by atoms with van der Waals surface area (Å²) in [5, 5.41) is 12.2. The Morgan fingerprint density at radius 3 is 2.46 bits per heavy atom. The number of carbonyl (C=O) groups excluding carboxylic acids is 3. The molecule has 0 bridgehead atoms. The molecule has 41 heavy (non-hydrogen) atoms. The summed E-state index contributed by atoms with van der Waals surface area (Å²) in [6, 6.07) is 11.5. The van der Waals surface area contributed by atoms with Crippen LogP contribution in [0.3, 0.4) is 0 Å². The standard InChI is InChI=1S/C32H43FN4O4/c1-20(2)29-32(40)36-26(17-22-13-14-22)30(38)34-15-7-10-24-9-4-5-12-28(24)41-19-21(3)35-27(31(39)37-29)18-23-8-6-11-25(33)16-23/h4-6,8-9,11-12,16,20-22,26-27,29,35H,7,10,13-15,17-19H2,1-3H3,(H,34,38)(H,36,40)(H,37,39)/t21-,26-,27?,29+/m0/s1. The third kappa shape index (κ3) is 9.28. The van der Waals surface area contributed by atoms with E-state index in [0.717, 1.165) is 37.0 Å². The Balaban J connectivity index is 1.59. The number of ether oxygens (including phenoxy) is 1. The summed E-state index contributed by atoms with van der Waals surface area (Å²) < 4.78 is 20.1. The first-order valence-electron chi connectivity index (χ1n) is 14.8. The number of aryl methyl sites for hydroxylation is 1. The number of hydrogen-bond donors (Lipinski definition) is 4. The molecule has 1 heterocycles. The number of halogens is 1. The minimum Gasteiger partial charge on any atom is -0.492 e. The fourth-order valence-corrected chi connectivity index (χ4v) is 5.17. The van der Waals surface area contributed by atoms with Crippen LogP contribution < -0.4 is 26.0 Å². The number of rotatable bonds is 5. The number of hydrogen-bond acceptors (Lipinski definition) is 5. The summed E-state index contributed by atoms with van der Waals surface area (Å²) in [5.74, 6) is -0.384. The Morgan fingerprint density at radius 2 is 1.73 bits per heavy atom. The highest BCUT2D eigenvalue weighted by atomic mass is 19.1. The van der Waals surface area contributed by atoms with Crippen LogP contribution in [-0.4, -0.2) is 55.0 Å². The van der Waals surface area contributed by atoms with Gasteiger partial charge in [0, 0.05) is 12.6 Å². The second-order valence-corrected chi connectivity index (χ2v) is 11.7. The lowest BCUT2D eigenvalue weighted by Crippen LogP contribution is -2.59. The third-order valence-corrected chi connectivity index (χ3v) is 7.66. The molecule has 0 spiro atoms. The minimum atomic E-state index is -0.842. The smallest absolute Gasteiger partial charge is 0.243 e. The summed E-state index contributed by atoms with van der Waals surface area (Å²) in [6.07, 6.45) is 4.35. The van der Waals surface area contributed by atoms with E-state index in [1.54, 1.807) is 12.1 Å². The van der Waals surface area contributed by atoms with Crippen LogP contribution in [0.25, 0.3) is 0 Å². The van der Waals surface area contributed by atoms with Crippen LogP contribution in [0.1, 0.15) is 57.6 Å². The van der Waals surface area contributed by atoms with Gasteiger partial charge in [-0.05, 0) is 73.8 Å². The quantitative estimate of drug-likeness (QED) is 0.444. The van der Waals surface area contributed by atoms with Crippen molar-refractivity contribution in [2.45, 2.75) is 83.5 Å². The fourth-order valence-electron chi connectivity index (χ4n) is 5.17. The molecule has 2 aromatic rings. The minimum absolute atomic E-state index is 0.204. The van der Waals surface area contributed by atoms with Crippen molar-refractivity contribution in [1.29, 1.82) is 0 Å². The van der Waals surface area contributed by atoms with Crippen molar-refractivity contribution in [1.82, 2.24) is 21.3 Å². The summed E-state index contributed by atoms with van der Waals surface area (Å²) in [5.41, 5.74) is 1.69. The van der Waals surface area contributed by atoms with Gasteiger partial charge in [-0.25, -0.2) is 4.39 Å². The van der Waals surface area contributed by atoms with Gasteiger partial charge < -0.3 is 20.7 Å². The summed E-state index contributed by atoms with van der Waals surface area (Å²) in [6.45, 7) is 6.42. The first-order valence-corrected chi connectivity index (χ1v) is 14.8. The average Bonchev–Trinajstić information content (AvgIpc) is 3.76. The van der Waals surface area contributed by atoms with E-state index in [4.69, 9.17) is 4.74 Å². The first-order chi connectivity index (χ1) is 19.7. The Kier molecular flexibility index (Phi) is 10.7. The molecule has 4 rings (SSSR count). The molecular weight excluding hydrogens is 523 g/mol. The SMILES string of the molecule is CC(C)[C@H]1NC(=O)C(Cc2cccc(F)c2)N[C@@H](C)COc2ccccc2CCCNC(=O)[C@H](CC2CC2)NC1=O. The number of carbonyl (C=O) groups is 3. The topological polar surface area (TPSA) is 109 Å². The van der Waals surface area contributed by atoms with Crippen molar-refractivity contribution in [3.63, 3.8) is 0 Å². The van der Waals surface area contributed by atoms with Gasteiger partial charge in [-0.1, -0.05) is 57.0 Å². The molecule has 4 N–H and O–H groups in total. The number of fused-ring (bicyclic) bond motifs is 1. The number of nitrogens with one attached hydrogen (secondary N) is 4. The maximum Gasteiger partial charge on any atom is 0.243 e. The van der Waals surface area contributed by atoms with Gasteiger partial charge >= 0.3 is 0 Å². The van der Waals surface area contributed by atoms with Crippen molar-refractivity contribution in [2.75, 3.05) is 13.2 Å². The highest BCUT2D eigenvalue weighted by Crippen LogP contribution is 2.33. The Hall–Kier alpha value is -3.46. The molecule has 9 heteroatoms. The van der Waals surface area contributed by atoms with E-state index >= 15 is 0 Å². The monoisotopic (exact) mass is 566 g/mol. The van der Waals surface area contributed by atoms with Gasteiger partial charge in [0.15, 0.2) is 0 Å². The normalized spacial score (nSPS) is 25.1. The lowest BCUT2D eigenvalue weighted by molar-refractivity contribution is -0.133. The van der Waals surface area contributed by atoms with Crippen LogP contribution in [0.4, 0.5) is 4.39 Å². The van der Waals surface area contributed by atoms with E-state index in [2.05, 4.69) is 21.3 Å². The Labute approximate surface area is 242 Å². The molecule has 0 radical (unpaired) electrons. The molecule has 1 unspecified atom stereocenters. The molecule has 8 nitrogen and oxygen atoms in total. The second kappa shape index (κ2) is 14.4. The van der Waals surface area contributed by atoms with Gasteiger partial charge in [0.2, 0.25) is 17.7 Å². The molecule has 0 aromatic heterocycles. The highest BCUT2D eigenvalue weighted by Gasteiger charge is 2.34. The van der Waals surface area contributed by atoms with Crippen LogP contribution in [0.2, 0.25) is 0 Å². The Morgan fingerprint density at radius 1 is 0.951 bits per heavy atom. The first kappa shape index (κ1) is 30.5. The predicted molar refractivity (Wildman–Crippen MR) is 156 cm³/mol. The van der Waals surface area contributed by atoms with E-state index in [0.29, 0.717) is 31.1 Å². The zero-order valence-electron chi connectivity index (χ0n) is 24.3. The van der Waals surface area contributed by atoms with Crippen LogP contribution in [0.5, 0.6) is 5.75 Å². The molecule has 3 amide bonds. The largest absolute Gasteiger partial charge is 0.492 e. The van der Waals surface area contributed by atoms with E-state index in [1.165, 1.54) is 12.1 Å². The molecular formula is C32H43FN4O4. The van der Waals surface area contributed by atoms with E-state index < -0.39 is 18.1 Å². The molecule has 222 valence electrons. The molecule has 1 aliphatic heterocycles. The summed E-state index contributed by atoms with van der Waals surface area (Å²) in [7, 11) is 0. The van der Waals surface area contributed by atoms with E-state index in [1.807, 2.05) is 45.0 Å². The average molecular weight is 567 g/mol. The second-order valence-electron chi connectivity index (χ2n) is 11.7. The van der Waals surface area contributed by atoms with Crippen molar-refractivity contribution in [2.24, 2.45) is 11.8 Å². The van der Waals surface area contributed by atoms with Crippen LogP contribution in [-0.2, 0) is 27.2 Å². The van der Waals surface area contributed by atoms with Crippen molar-refractivity contribution < 1.29 is 23.5 Å². The van der Waals surface area contributed by atoms with Gasteiger partial charge in [0.05, 0.1) is 6.04 Å². The maximum absolute atomic E-state index is 14.0. The molecule has 2 aromatic carbocycles. The van der Waals surface area contributed by atoms with Crippen molar-refractivity contribution >= 4 is 17.7 Å². The van der Waals surface area contributed by atoms with Crippen molar-refractivity contribution in [3.05, 3.63) is 65.5 Å². The molecule has 1 aliphatic carbocycles. The van der Waals surface area contributed by atoms with Gasteiger partial charge in [0.25, 0.3) is 0 Å². The molecule has 4 atom stereocenters. The third-order valence-electron chi connectivity index (χ3n) is 7.66. The van der Waals surface area contributed by atoms with Crippen LogP contribution in [0.15, 0.2) is 48.5 Å². The molecule has 0 saturated heterocycles. The lowest BCUT2D eigenvalue weighted by Gasteiger charge is -2.29. The zero-order chi connectivity index (χ0) is 29.4. The lowest BCUT2D eigenvalue weighted by atomic mass is 9.99. The summed E-state index contributed by atoms with van der Waals surface area (Å²) >= 11 is 0. The maximum atomic E-state index is 14.0.